The SMILES string of the molecule is O[C@H](CCCCCCCCCc1ccc(-c2ccc(CCCCCCCCC[C@H](O)C(F)(F)F)cc2)cc1)C(F)(F)F. The second-order valence-electron chi connectivity index (χ2n) is 11.5. The summed E-state index contributed by atoms with van der Waals surface area (Å²) in [5.74, 6) is 0. The van der Waals surface area contributed by atoms with Gasteiger partial charge in [0.15, 0.2) is 0 Å². The van der Waals surface area contributed by atoms with E-state index in [9.17, 15) is 26.3 Å². The zero-order valence-electron chi connectivity index (χ0n) is 24.7. The topological polar surface area (TPSA) is 40.5 Å². The quantitative estimate of drug-likeness (QED) is 0.110. The standard InChI is InChI=1S/C34H48F6O2/c35-33(36,37)31(41)17-13-9-5-1-3-7-11-15-27-19-23-29(24-20-27)30-25-21-28(22-26-30)16-12-8-4-2-6-10-14-18-32(42)34(38,39)40/h19-26,31-32,41-42H,1-18H2/t31-,32+. The molecule has 2 nitrogen and oxygen atoms in total. The van der Waals surface area contributed by atoms with Gasteiger partial charge in [-0.1, -0.05) is 126 Å². The van der Waals surface area contributed by atoms with Crippen LogP contribution in [0.15, 0.2) is 48.5 Å². The molecule has 0 unspecified atom stereocenters. The Bertz CT molecular complexity index is 874. The first kappa shape index (κ1) is 36.1. The van der Waals surface area contributed by atoms with Crippen LogP contribution in [0.5, 0.6) is 0 Å². The number of rotatable bonds is 21. The number of aryl methyl sites for hydroxylation is 2. The average Bonchev–Trinajstić information content (AvgIpc) is 2.94. The van der Waals surface area contributed by atoms with Crippen LogP contribution in [0.3, 0.4) is 0 Å². The van der Waals surface area contributed by atoms with Crippen molar-refractivity contribution in [1.29, 1.82) is 0 Å². The molecule has 0 aliphatic carbocycles. The summed E-state index contributed by atoms with van der Waals surface area (Å²) in [4.78, 5) is 0. The number of hydrogen-bond acceptors (Lipinski definition) is 2. The van der Waals surface area contributed by atoms with Crippen LogP contribution in [-0.4, -0.2) is 34.8 Å². The highest BCUT2D eigenvalue weighted by Gasteiger charge is 2.37. The highest BCUT2D eigenvalue weighted by atomic mass is 19.4. The third-order valence-corrected chi connectivity index (χ3v) is 7.88. The van der Waals surface area contributed by atoms with Gasteiger partial charge in [-0.15, -0.1) is 0 Å². The maximum absolute atomic E-state index is 12.3. The predicted octanol–water partition coefficient (Wildman–Crippen LogP) is 10.5. The minimum Gasteiger partial charge on any atom is -0.384 e. The lowest BCUT2D eigenvalue weighted by Crippen LogP contribution is -2.28. The number of unbranched alkanes of at least 4 members (excludes halogenated alkanes) is 12. The van der Waals surface area contributed by atoms with Crippen LogP contribution in [0, 0.1) is 0 Å². The molecule has 2 aromatic rings. The number of aliphatic hydroxyl groups excluding tert-OH is 2. The minimum absolute atomic E-state index is 0.205. The molecule has 0 heterocycles. The lowest BCUT2D eigenvalue weighted by molar-refractivity contribution is -0.206. The van der Waals surface area contributed by atoms with Gasteiger partial charge in [0.25, 0.3) is 0 Å². The Hall–Kier alpha value is -2.06. The van der Waals surface area contributed by atoms with Gasteiger partial charge in [-0.2, -0.15) is 26.3 Å². The van der Waals surface area contributed by atoms with Crippen LogP contribution in [0.4, 0.5) is 26.3 Å². The van der Waals surface area contributed by atoms with Crippen LogP contribution in [0.1, 0.15) is 114 Å². The third-order valence-electron chi connectivity index (χ3n) is 7.88. The van der Waals surface area contributed by atoms with Gasteiger partial charge in [-0.05, 0) is 60.8 Å². The first-order valence-electron chi connectivity index (χ1n) is 15.6. The zero-order valence-corrected chi connectivity index (χ0v) is 24.7. The van der Waals surface area contributed by atoms with Crippen molar-refractivity contribution in [3.8, 4) is 11.1 Å². The maximum atomic E-state index is 12.3. The molecule has 0 fully saturated rings. The molecule has 0 saturated carbocycles. The van der Waals surface area contributed by atoms with E-state index in [4.69, 9.17) is 10.2 Å². The molecule has 42 heavy (non-hydrogen) atoms. The molecule has 0 aliphatic rings. The summed E-state index contributed by atoms with van der Waals surface area (Å²) in [5.41, 5.74) is 4.97. The molecular weight excluding hydrogens is 554 g/mol. The highest BCUT2D eigenvalue weighted by molar-refractivity contribution is 5.64. The highest BCUT2D eigenvalue weighted by Crippen LogP contribution is 2.26. The van der Waals surface area contributed by atoms with E-state index in [-0.39, 0.29) is 12.8 Å². The van der Waals surface area contributed by atoms with Gasteiger partial charge in [0, 0.05) is 0 Å². The summed E-state index contributed by atoms with van der Waals surface area (Å²) in [5, 5.41) is 18.0. The van der Waals surface area contributed by atoms with Gasteiger partial charge in [-0.25, -0.2) is 0 Å². The molecule has 8 heteroatoms. The Morgan fingerprint density at radius 2 is 0.667 bits per heavy atom. The fourth-order valence-corrected chi connectivity index (χ4v) is 5.16. The number of alkyl halides is 6. The number of hydrogen-bond donors (Lipinski definition) is 2. The summed E-state index contributed by atoms with van der Waals surface area (Å²) in [6, 6.07) is 17.3. The maximum Gasteiger partial charge on any atom is 0.414 e. The Balaban J connectivity index is 1.52. The molecule has 2 rings (SSSR count). The molecular formula is C34H48F6O2. The molecule has 2 aromatic carbocycles. The molecule has 0 bridgehead atoms. The lowest BCUT2D eigenvalue weighted by atomic mass is 9.98. The lowest BCUT2D eigenvalue weighted by Gasteiger charge is -2.13. The van der Waals surface area contributed by atoms with E-state index in [1.165, 1.54) is 22.3 Å². The minimum atomic E-state index is -4.50. The van der Waals surface area contributed by atoms with Crippen molar-refractivity contribution < 1.29 is 36.6 Å². The van der Waals surface area contributed by atoms with Gasteiger partial charge in [0.1, 0.15) is 12.2 Å². The Morgan fingerprint density at radius 3 is 0.952 bits per heavy atom. The first-order valence-corrected chi connectivity index (χ1v) is 15.6. The van der Waals surface area contributed by atoms with Gasteiger partial charge in [-0.3, -0.25) is 0 Å². The smallest absolute Gasteiger partial charge is 0.384 e. The number of benzene rings is 2. The van der Waals surface area contributed by atoms with Crippen LogP contribution in [0.25, 0.3) is 11.1 Å². The molecule has 0 radical (unpaired) electrons. The normalized spacial score (nSPS) is 13.8. The number of halogens is 6. The van der Waals surface area contributed by atoms with Gasteiger partial charge < -0.3 is 10.2 Å². The van der Waals surface area contributed by atoms with Crippen molar-refractivity contribution in [3.63, 3.8) is 0 Å². The fourth-order valence-electron chi connectivity index (χ4n) is 5.16. The largest absolute Gasteiger partial charge is 0.414 e. The molecule has 0 aliphatic heterocycles. The summed E-state index contributed by atoms with van der Waals surface area (Å²) in [6.45, 7) is 0. The molecule has 0 amide bonds. The summed E-state index contributed by atoms with van der Waals surface area (Å²) in [6.07, 6.45) is 0.879. The van der Waals surface area contributed by atoms with Crippen LogP contribution < -0.4 is 0 Å². The van der Waals surface area contributed by atoms with Gasteiger partial charge >= 0.3 is 12.4 Å². The summed E-state index contributed by atoms with van der Waals surface area (Å²) in [7, 11) is 0. The van der Waals surface area contributed by atoms with Crippen LogP contribution in [0.2, 0.25) is 0 Å². The Kier molecular flexibility index (Phi) is 16.6. The van der Waals surface area contributed by atoms with Crippen molar-refractivity contribution in [1.82, 2.24) is 0 Å². The molecule has 238 valence electrons. The van der Waals surface area contributed by atoms with E-state index in [1.54, 1.807) is 0 Å². The van der Waals surface area contributed by atoms with Gasteiger partial charge in [0.05, 0.1) is 0 Å². The second-order valence-corrected chi connectivity index (χ2v) is 11.5. The third kappa shape index (κ3) is 15.4. The number of aliphatic hydroxyl groups is 2. The van der Waals surface area contributed by atoms with E-state index in [0.717, 1.165) is 89.9 Å². The van der Waals surface area contributed by atoms with E-state index in [1.807, 2.05) is 0 Å². The Morgan fingerprint density at radius 1 is 0.405 bits per heavy atom. The average molecular weight is 603 g/mol. The molecule has 0 saturated heterocycles. The zero-order chi connectivity index (χ0) is 30.8. The second kappa shape index (κ2) is 19.3. The first-order chi connectivity index (χ1) is 20.0. The van der Waals surface area contributed by atoms with E-state index >= 15 is 0 Å². The van der Waals surface area contributed by atoms with Crippen molar-refractivity contribution >= 4 is 0 Å². The molecule has 0 spiro atoms. The predicted molar refractivity (Wildman–Crippen MR) is 157 cm³/mol. The van der Waals surface area contributed by atoms with Crippen LogP contribution >= 0.6 is 0 Å². The van der Waals surface area contributed by atoms with Crippen molar-refractivity contribution in [2.24, 2.45) is 0 Å². The van der Waals surface area contributed by atoms with E-state index in [2.05, 4.69) is 48.5 Å². The summed E-state index contributed by atoms with van der Waals surface area (Å²) >= 11 is 0. The monoisotopic (exact) mass is 602 g/mol. The molecule has 0 aromatic heterocycles. The van der Waals surface area contributed by atoms with Gasteiger partial charge in [0.2, 0.25) is 0 Å². The summed E-state index contributed by atoms with van der Waals surface area (Å²) < 4.78 is 73.7. The molecule has 2 atom stereocenters. The van der Waals surface area contributed by atoms with Crippen molar-refractivity contribution in [3.05, 3.63) is 59.7 Å². The van der Waals surface area contributed by atoms with E-state index in [0.29, 0.717) is 12.8 Å². The van der Waals surface area contributed by atoms with Crippen LogP contribution in [-0.2, 0) is 12.8 Å². The molecule has 2 N–H and O–H groups in total. The fraction of sp³-hybridized carbons (Fsp3) is 0.647. The van der Waals surface area contributed by atoms with E-state index < -0.39 is 24.6 Å². The van der Waals surface area contributed by atoms with Crippen molar-refractivity contribution in [2.45, 2.75) is 140 Å². The Labute approximate surface area is 247 Å². The van der Waals surface area contributed by atoms with Crippen molar-refractivity contribution in [2.75, 3.05) is 0 Å².